The van der Waals surface area contributed by atoms with Gasteiger partial charge in [-0.2, -0.15) is 0 Å². The number of unbranched alkanes of at least 4 members (excludes halogenated alkanes) is 1. The molecule has 2 atom stereocenters. The maximum atomic E-state index is 2.41. The number of hydrogen-bond acceptors (Lipinski definition) is 0. The molecule has 0 aliphatic carbocycles. The van der Waals surface area contributed by atoms with Crippen molar-refractivity contribution in [2.75, 3.05) is 0 Å². The highest BCUT2D eigenvalue weighted by Crippen LogP contribution is 2.18. The largest absolute Gasteiger partial charge is 1.00 e. The second kappa shape index (κ2) is 11.4. The van der Waals surface area contributed by atoms with Crippen molar-refractivity contribution < 1.29 is 21.5 Å². The molecule has 0 fully saturated rings. The third-order valence-corrected chi connectivity index (χ3v) is 4.36. The van der Waals surface area contributed by atoms with Crippen molar-refractivity contribution in [1.82, 2.24) is 0 Å². The van der Waals surface area contributed by atoms with Crippen LogP contribution in [0.4, 0.5) is 0 Å². The number of hydrogen-bond donors (Lipinski definition) is 0. The molecule has 1 aromatic carbocycles. The number of halogens is 1. The molecule has 2 heteroatoms. The van der Waals surface area contributed by atoms with Gasteiger partial charge in [-0.3, -0.25) is 0 Å². The zero-order valence-corrected chi connectivity index (χ0v) is 16.1. The Bertz CT molecular complexity index is 512. The van der Waals surface area contributed by atoms with Crippen LogP contribution in [0.25, 0.3) is 0 Å². The first kappa shape index (κ1) is 19.9. The van der Waals surface area contributed by atoms with Crippen molar-refractivity contribution in [2.45, 2.75) is 52.5 Å². The standard InChI is InChI=1S/C21H30N.BrH/c1-19(11-7-8-14-21-12-5-3-6-13-21)17-20(2)18-22-15-9-4-10-16-22;/h3-6,9-10,12-13,15-16,19-20H,7-8,11,14,17-18H2,1-2H3;1H/q+1;/p-1. The van der Waals surface area contributed by atoms with Crippen molar-refractivity contribution >= 4 is 0 Å². The number of pyridine rings is 1. The first-order valence-electron chi connectivity index (χ1n) is 8.72. The van der Waals surface area contributed by atoms with Gasteiger partial charge in [0, 0.05) is 18.1 Å². The van der Waals surface area contributed by atoms with Crippen molar-refractivity contribution in [1.29, 1.82) is 0 Å². The second-order valence-electron chi connectivity index (χ2n) is 6.75. The van der Waals surface area contributed by atoms with Gasteiger partial charge in [0.1, 0.15) is 0 Å². The topological polar surface area (TPSA) is 3.88 Å². The Morgan fingerprint density at radius 2 is 1.48 bits per heavy atom. The van der Waals surface area contributed by atoms with Crippen molar-refractivity contribution in [3.8, 4) is 0 Å². The minimum absolute atomic E-state index is 0. The van der Waals surface area contributed by atoms with E-state index in [1.54, 1.807) is 0 Å². The number of nitrogens with zero attached hydrogens (tertiary/aromatic N) is 1. The summed E-state index contributed by atoms with van der Waals surface area (Å²) >= 11 is 0. The fraction of sp³-hybridized carbons (Fsp3) is 0.476. The van der Waals surface area contributed by atoms with Crippen LogP contribution in [0, 0.1) is 11.8 Å². The van der Waals surface area contributed by atoms with E-state index in [9.17, 15) is 0 Å². The highest BCUT2D eigenvalue weighted by molar-refractivity contribution is 5.14. The molecule has 0 N–H and O–H groups in total. The number of aryl methyl sites for hydroxylation is 1. The molecule has 23 heavy (non-hydrogen) atoms. The summed E-state index contributed by atoms with van der Waals surface area (Å²) in [5, 5.41) is 0. The molecule has 0 aliphatic heterocycles. The number of benzene rings is 1. The Morgan fingerprint density at radius 1 is 0.826 bits per heavy atom. The lowest BCUT2D eigenvalue weighted by atomic mass is 9.92. The summed E-state index contributed by atoms with van der Waals surface area (Å²) in [5.74, 6) is 1.58. The van der Waals surface area contributed by atoms with Crippen molar-refractivity contribution in [3.05, 3.63) is 66.5 Å². The number of rotatable bonds is 9. The first-order chi connectivity index (χ1) is 10.7. The molecule has 1 aromatic heterocycles. The Morgan fingerprint density at radius 3 is 2.17 bits per heavy atom. The monoisotopic (exact) mass is 375 g/mol. The van der Waals surface area contributed by atoms with Crippen LogP contribution in [0.2, 0.25) is 0 Å². The van der Waals surface area contributed by atoms with Gasteiger partial charge in [0.15, 0.2) is 18.9 Å². The van der Waals surface area contributed by atoms with Crippen molar-refractivity contribution in [2.24, 2.45) is 11.8 Å². The van der Waals surface area contributed by atoms with E-state index in [1.165, 1.54) is 37.7 Å². The van der Waals surface area contributed by atoms with Gasteiger partial charge in [-0.15, -0.1) is 0 Å². The smallest absolute Gasteiger partial charge is 0.168 e. The van der Waals surface area contributed by atoms with Gasteiger partial charge < -0.3 is 17.0 Å². The normalized spacial score (nSPS) is 13.1. The van der Waals surface area contributed by atoms with Gasteiger partial charge in [0.2, 0.25) is 0 Å². The quantitative estimate of drug-likeness (QED) is 0.466. The molecule has 0 aliphatic rings. The highest BCUT2D eigenvalue weighted by atomic mass is 79.9. The second-order valence-corrected chi connectivity index (χ2v) is 6.75. The molecule has 2 unspecified atom stereocenters. The average molecular weight is 376 g/mol. The average Bonchev–Trinajstić information content (AvgIpc) is 2.53. The molecular weight excluding hydrogens is 346 g/mol. The molecule has 1 nitrogen and oxygen atoms in total. The maximum Gasteiger partial charge on any atom is 0.168 e. The van der Waals surface area contributed by atoms with E-state index in [-0.39, 0.29) is 17.0 Å². The molecule has 0 saturated carbocycles. The van der Waals surface area contributed by atoms with E-state index in [2.05, 4.69) is 79.3 Å². The predicted molar refractivity (Wildman–Crippen MR) is 93.6 cm³/mol. The van der Waals surface area contributed by atoms with E-state index in [0.717, 1.165) is 18.4 Å². The summed E-state index contributed by atoms with van der Waals surface area (Å²) in [6.07, 6.45) is 10.9. The summed E-state index contributed by atoms with van der Waals surface area (Å²) in [4.78, 5) is 0. The molecule has 0 spiro atoms. The van der Waals surface area contributed by atoms with Crippen LogP contribution >= 0.6 is 0 Å². The molecule has 0 amide bonds. The van der Waals surface area contributed by atoms with Gasteiger partial charge in [-0.05, 0) is 30.7 Å². The number of aromatic nitrogens is 1. The predicted octanol–water partition coefficient (Wildman–Crippen LogP) is 2.05. The van der Waals surface area contributed by atoms with Crippen LogP contribution in [0.3, 0.4) is 0 Å². The van der Waals surface area contributed by atoms with E-state index < -0.39 is 0 Å². The lowest BCUT2D eigenvalue weighted by Crippen LogP contribution is -3.00. The lowest BCUT2D eigenvalue weighted by molar-refractivity contribution is -0.703. The van der Waals surface area contributed by atoms with Gasteiger partial charge in [0.05, 0.1) is 0 Å². The van der Waals surface area contributed by atoms with Crippen LogP contribution < -0.4 is 21.5 Å². The van der Waals surface area contributed by atoms with Crippen LogP contribution in [0.15, 0.2) is 60.9 Å². The molecule has 126 valence electrons. The maximum absolute atomic E-state index is 2.41. The van der Waals surface area contributed by atoms with Gasteiger partial charge in [-0.1, -0.05) is 63.1 Å². The molecule has 0 radical (unpaired) electrons. The Hall–Kier alpha value is -1.15. The molecule has 2 rings (SSSR count). The molecule has 0 saturated heterocycles. The molecule has 2 aromatic rings. The summed E-state index contributed by atoms with van der Waals surface area (Å²) in [5.41, 5.74) is 1.48. The van der Waals surface area contributed by atoms with Gasteiger partial charge in [-0.25, -0.2) is 4.57 Å². The first-order valence-corrected chi connectivity index (χ1v) is 8.72. The third-order valence-electron chi connectivity index (χ3n) is 4.36. The van der Waals surface area contributed by atoms with Crippen LogP contribution in [0.5, 0.6) is 0 Å². The lowest BCUT2D eigenvalue weighted by Gasteiger charge is -2.15. The minimum Gasteiger partial charge on any atom is -1.00 e. The molecule has 0 bridgehead atoms. The van der Waals surface area contributed by atoms with E-state index in [0.29, 0.717) is 0 Å². The summed E-state index contributed by atoms with van der Waals surface area (Å²) in [7, 11) is 0. The fourth-order valence-electron chi connectivity index (χ4n) is 3.26. The molecule has 1 heterocycles. The summed E-state index contributed by atoms with van der Waals surface area (Å²) in [6.45, 7) is 5.92. The fourth-order valence-corrected chi connectivity index (χ4v) is 3.26. The minimum atomic E-state index is 0. The van der Waals surface area contributed by atoms with E-state index in [1.807, 2.05) is 0 Å². The third kappa shape index (κ3) is 8.31. The van der Waals surface area contributed by atoms with E-state index >= 15 is 0 Å². The van der Waals surface area contributed by atoms with Crippen LogP contribution in [-0.2, 0) is 13.0 Å². The van der Waals surface area contributed by atoms with E-state index in [4.69, 9.17) is 0 Å². The van der Waals surface area contributed by atoms with Gasteiger partial charge >= 0.3 is 0 Å². The Balaban J connectivity index is 0.00000264. The summed E-state index contributed by atoms with van der Waals surface area (Å²) < 4.78 is 2.30. The SMILES string of the molecule is CC(CCCCc1ccccc1)CC(C)C[n+]1ccccc1.[Br-]. The summed E-state index contributed by atoms with van der Waals surface area (Å²) in [6, 6.07) is 17.2. The van der Waals surface area contributed by atoms with Gasteiger partial charge in [0.25, 0.3) is 0 Å². The molecular formula is C21H30BrN. The van der Waals surface area contributed by atoms with Crippen LogP contribution in [-0.4, -0.2) is 0 Å². The Kier molecular flexibility index (Phi) is 9.86. The highest BCUT2D eigenvalue weighted by Gasteiger charge is 2.12. The Labute approximate surface area is 152 Å². The van der Waals surface area contributed by atoms with Crippen LogP contribution in [0.1, 0.15) is 45.1 Å². The zero-order chi connectivity index (χ0) is 15.6. The van der Waals surface area contributed by atoms with Crippen molar-refractivity contribution in [3.63, 3.8) is 0 Å². The zero-order valence-electron chi connectivity index (χ0n) is 14.5.